The Morgan fingerprint density at radius 2 is 2.06 bits per heavy atom. The van der Waals surface area contributed by atoms with Crippen molar-refractivity contribution < 1.29 is 9.47 Å². The van der Waals surface area contributed by atoms with Gasteiger partial charge >= 0.3 is 0 Å². The Bertz CT molecular complexity index is 443. The third kappa shape index (κ3) is 2.81. The van der Waals surface area contributed by atoms with Crippen molar-refractivity contribution in [2.45, 2.75) is 52.7 Å². The highest BCUT2D eigenvalue weighted by Gasteiger charge is 2.33. The van der Waals surface area contributed by atoms with Crippen LogP contribution < -0.4 is 4.74 Å². The average molecular weight is 269 g/mol. The SMILES string of the molecule is CCOc1cc(C)c(Cl)c(C)c1CCC1OC1C. The van der Waals surface area contributed by atoms with Gasteiger partial charge in [0.2, 0.25) is 0 Å². The summed E-state index contributed by atoms with van der Waals surface area (Å²) in [7, 11) is 0. The highest BCUT2D eigenvalue weighted by atomic mass is 35.5. The first-order valence-electron chi connectivity index (χ1n) is 6.61. The summed E-state index contributed by atoms with van der Waals surface area (Å²) in [6, 6.07) is 2.05. The molecule has 18 heavy (non-hydrogen) atoms. The second kappa shape index (κ2) is 5.50. The summed E-state index contributed by atoms with van der Waals surface area (Å²) in [5.74, 6) is 0.977. The van der Waals surface area contributed by atoms with Gasteiger partial charge in [-0.2, -0.15) is 0 Å². The van der Waals surface area contributed by atoms with E-state index in [0.29, 0.717) is 18.8 Å². The van der Waals surface area contributed by atoms with Crippen LogP contribution in [0.2, 0.25) is 5.02 Å². The van der Waals surface area contributed by atoms with Crippen LogP contribution in [0.3, 0.4) is 0 Å². The molecule has 2 atom stereocenters. The van der Waals surface area contributed by atoms with E-state index in [1.165, 1.54) is 5.56 Å². The van der Waals surface area contributed by atoms with Crippen LogP contribution in [0.1, 0.15) is 37.0 Å². The minimum absolute atomic E-state index is 0.416. The number of hydrogen-bond donors (Lipinski definition) is 0. The van der Waals surface area contributed by atoms with Crippen LogP contribution in [0.15, 0.2) is 6.07 Å². The van der Waals surface area contributed by atoms with Crippen molar-refractivity contribution in [1.29, 1.82) is 0 Å². The minimum Gasteiger partial charge on any atom is -0.494 e. The molecule has 0 bridgehead atoms. The van der Waals surface area contributed by atoms with Crippen molar-refractivity contribution in [2.24, 2.45) is 0 Å². The molecular formula is C15H21ClO2. The van der Waals surface area contributed by atoms with Crippen molar-refractivity contribution in [3.05, 3.63) is 27.8 Å². The quantitative estimate of drug-likeness (QED) is 0.751. The van der Waals surface area contributed by atoms with Crippen LogP contribution in [0.25, 0.3) is 0 Å². The first kappa shape index (κ1) is 13.7. The summed E-state index contributed by atoms with van der Waals surface area (Å²) >= 11 is 6.33. The van der Waals surface area contributed by atoms with Crippen LogP contribution in [0.4, 0.5) is 0 Å². The van der Waals surface area contributed by atoms with Crippen molar-refractivity contribution in [2.75, 3.05) is 6.61 Å². The van der Waals surface area contributed by atoms with E-state index in [1.807, 2.05) is 19.9 Å². The maximum Gasteiger partial charge on any atom is 0.123 e. The molecule has 3 heteroatoms. The molecular weight excluding hydrogens is 248 g/mol. The number of ether oxygens (including phenoxy) is 2. The molecule has 0 amide bonds. The number of epoxide rings is 1. The average Bonchev–Trinajstić information content (AvgIpc) is 3.02. The first-order valence-corrected chi connectivity index (χ1v) is 6.99. The minimum atomic E-state index is 0.416. The maximum atomic E-state index is 6.33. The number of benzene rings is 1. The summed E-state index contributed by atoms with van der Waals surface area (Å²) in [4.78, 5) is 0. The number of hydrogen-bond acceptors (Lipinski definition) is 2. The van der Waals surface area contributed by atoms with Gasteiger partial charge in [-0.3, -0.25) is 0 Å². The van der Waals surface area contributed by atoms with Gasteiger partial charge in [0, 0.05) is 5.02 Å². The number of rotatable bonds is 5. The molecule has 0 aromatic heterocycles. The lowest BCUT2D eigenvalue weighted by Crippen LogP contribution is -2.03. The molecule has 1 aromatic rings. The first-order chi connectivity index (χ1) is 8.54. The fraction of sp³-hybridized carbons (Fsp3) is 0.600. The van der Waals surface area contributed by atoms with Gasteiger partial charge in [0.25, 0.3) is 0 Å². The second-order valence-electron chi connectivity index (χ2n) is 4.96. The normalized spacial score (nSPS) is 22.1. The van der Waals surface area contributed by atoms with Crippen LogP contribution in [-0.2, 0) is 11.2 Å². The Morgan fingerprint density at radius 1 is 1.39 bits per heavy atom. The Kier molecular flexibility index (Phi) is 4.18. The Labute approximate surface area is 114 Å². The summed E-state index contributed by atoms with van der Waals surface area (Å²) in [6.45, 7) is 8.90. The fourth-order valence-corrected chi connectivity index (χ4v) is 2.54. The van der Waals surface area contributed by atoms with E-state index in [1.54, 1.807) is 0 Å². The molecule has 100 valence electrons. The molecule has 1 aliphatic rings. The molecule has 1 fully saturated rings. The predicted molar refractivity (Wildman–Crippen MR) is 74.8 cm³/mol. The topological polar surface area (TPSA) is 21.8 Å². The third-order valence-corrected chi connectivity index (χ3v) is 4.17. The van der Waals surface area contributed by atoms with Crippen molar-refractivity contribution in [3.8, 4) is 5.75 Å². The zero-order valence-electron chi connectivity index (χ0n) is 11.5. The summed E-state index contributed by atoms with van der Waals surface area (Å²) < 4.78 is 11.2. The highest BCUT2D eigenvalue weighted by molar-refractivity contribution is 6.32. The van der Waals surface area contributed by atoms with Gasteiger partial charge in [-0.1, -0.05) is 11.6 Å². The lowest BCUT2D eigenvalue weighted by Gasteiger charge is -2.16. The lowest BCUT2D eigenvalue weighted by atomic mass is 9.98. The van der Waals surface area contributed by atoms with Crippen LogP contribution >= 0.6 is 11.6 Å². The van der Waals surface area contributed by atoms with E-state index in [9.17, 15) is 0 Å². The number of halogens is 1. The van der Waals surface area contributed by atoms with E-state index >= 15 is 0 Å². The van der Waals surface area contributed by atoms with Gasteiger partial charge in [-0.05, 0) is 63.3 Å². The standard InChI is InChI=1S/C15H21ClO2/c1-5-17-14-8-9(2)15(16)10(3)12(14)6-7-13-11(4)18-13/h8,11,13H,5-7H2,1-4H3. The lowest BCUT2D eigenvalue weighted by molar-refractivity contribution is 0.333. The summed E-state index contributed by atoms with van der Waals surface area (Å²) in [5.41, 5.74) is 3.46. The molecule has 0 N–H and O–H groups in total. The largest absolute Gasteiger partial charge is 0.494 e. The summed E-state index contributed by atoms with van der Waals surface area (Å²) in [5, 5.41) is 0.859. The molecule has 0 saturated carbocycles. The van der Waals surface area contributed by atoms with Gasteiger partial charge in [0.15, 0.2) is 0 Å². The van der Waals surface area contributed by atoms with Crippen molar-refractivity contribution >= 4 is 11.6 Å². The molecule has 2 rings (SSSR count). The van der Waals surface area contributed by atoms with Crippen LogP contribution in [0, 0.1) is 13.8 Å². The molecule has 0 spiro atoms. The van der Waals surface area contributed by atoms with Gasteiger partial charge in [-0.15, -0.1) is 0 Å². The molecule has 0 radical (unpaired) electrons. The van der Waals surface area contributed by atoms with Crippen molar-refractivity contribution in [3.63, 3.8) is 0 Å². The molecule has 2 nitrogen and oxygen atoms in total. The van der Waals surface area contributed by atoms with Crippen molar-refractivity contribution in [1.82, 2.24) is 0 Å². The van der Waals surface area contributed by atoms with E-state index in [4.69, 9.17) is 21.1 Å². The van der Waals surface area contributed by atoms with E-state index in [0.717, 1.165) is 34.7 Å². The monoisotopic (exact) mass is 268 g/mol. The number of aryl methyl sites for hydroxylation is 1. The van der Waals surface area contributed by atoms with E-state index in [2.05, 4.69) is 13.8 Å². The predicted octanol–water partition coefficient (Wildman–Crippen LogP) is 4.08. The van der Waals surface area contributed by atoms with Gasteiger partial charge < -0.3 is 9.47 Å². The third-order valence-electron chi connectivity index (χ3n) is 3.59. The highest BCUT2D eigenvalue weighted by Crippen LogP contribution is 2.34. The van der Waals surface area contributed by atoms with E-state index in [-0.39, 0.29) is 0 Å². The Balaban J connectivity index is 2.21. The van der Waals surface area contributed by atoms with Gasteiger partial charge in [0.05, 0.1) is 18.8 Å². The summed E-state index contributed by atoms with van der Waals surface area (Å²) in [6.07, 6.45) is 2.85. The molecule has 1 saturated heterocycles. The fourth-order valence-electron chi connectivity index (χ4n) is 2.37. The smallest absolute Gasteiger partial charge is 0.123 e. The van der Waals surface area contributed by atoms with Crippen LogP contribution in [0.5, 0.6) is 5.75 Å². The molecule has 1 aromatic carbocycles. The Morgan fingerprint density at radius 3 is 2.61 bits per heavy atom. The molecule has 1 heterocycles. The molecule has 0 aliphatic carbocycles. The zero-order chi connectivity index (χ0) is 13.3. The molecule has 1 aliphatic heterocycles. The van der Waals surface area contributed by atoms with Gasteiger partial charge in [-0.25, -0.2) is 0 Å². The zero-order valence-corrected chi connectivity index (χ0v) is 12.3. The van der Waals surface area contributed by atoms with Gasteiger partial charge in [0.1, 0.15) is 5.75 Å². The van der Waals surface area contributed by atoms with E-state index < -0.39 is 0 Å². The Hall–Kier alpha value is -0.730. The second-order valence-corrected chi connectivity index (χ2v) is 5.34. The maximum absolute atomic E-state index is 6.33. The molecule has 2 unspecified atom stereocenters. The van der Waals surface area contributed by atoms with Crippen LogP contribution in [-0.4, -0.2) is 18.8 Å².